The Hall–Kier alpha value is -1.47. The number of hydrogen-bond acceptors (Lipinski definition) is 5. The molecule has 4 N–H and O–H groups in total. The van der Waals surface area contributed by atoms with Gasteiger partial charge < -0.3 is 16.2 Å². The second-order valence-corrected chi connectivity index (χ2v) is 4.65. The summed E-state index contributed by atoms with van der Waals surface area (Å²) in [6.07, 6.45) is 1.34. The number of nitrogens with zero attached hydrogens (tertiary/aromatic N) is 1. The van der Waals surface area contributed by atoms with Crippen LogP contribution >= 0.6 is 11.3 Å². The third kappa shape index (κ3) is 4.49. The fourth-order valence-corrected chi connectivity index (χ4v) is 1.93. The Morgan fingerprint density at radius 2 is 2.35 bits per heavy atom. The van der Waals surface area contributed by atoms with Crippen molar-refractivity contribution >= 4 is 23.2 Å². The number of aliphatic carboxylic acids is 1. The fourth-order valence-electron chi connectivity index (χ4n) is 1.23. The number of amides is 1. The SMILES string of the molecule is CC(CNC(=O)C(N)CC(=O)O)c1nccs1. The number of carboxylic acids is 1. The first kappa shape index (κ1) is 13.6. The predicted molar refractivity (Wildman–Crippen MR) is 63.8 cm³/mol. The average molecular weight is 257 g/mol. The van der Waals surface area contributed by atoms with Gasteiger partial charge in [-0.25, -0.2) is 4.98 Å². The first-order valence-corrected chi connectivity index (χ1v) is 6.03. The third-order valence-corrected chi connectivity index (χ3v) is 3.19. The van der Waals surface area contributed by atoms with Crippen molar-refractivity contribution in [3.8, 4) is 0 Å². The van der Waals surface area contributed by atoms with Crippen LogP contribution in [0.4, 0.5) is 0 Å². The lowest BCUT2D eigenvalue weighted by atomic mass is 10.1. The molecule has 2 unspecified atom stereocenters. The van der Waals surface area contributed by atoms with Gasteiger partial charge in [0.2, 0.25) is 5.91 Å². The first-order chi connectivity index (χ1) is 8.00. The molecule has 0 aliphatic heterocycles. The summed E-state index contributed by atoms with van der Waals surface area (Å²) in [6, 6.07) is -1.00. The van der Waals surface area contributed by atoms with Gasteiger partial charge in [0, 0.05) is 24.0 Å². The minimum atomic E-state index is -1.08. The number of carboxylic acid groups (broad SMARTS) is 1. The third-order valence-electron chi connectivity index (χ3n) is 2.19. The number of carbonyl (C=O) groups excluding carboxylic acids is 1. The molecule has 0 saturated heterocycles. The van der Waals surface area contributed by atoms with Gasteiger partial charge >= 0.3 is 5.97 Å². The molecule has 94 valence electrons. The van der Waals surface area contributed by atoms with Gasteiger partial charge in [0.1, 0.15) is 0 Å². The van der Waals surface area contributed by atoms with Crippen LogP contribution in [0.3, 0.4) is 0 Å². The maximum Gasteiger partial charge on any atom is 0.305 e. The molecule has 6 nitrogen and oxygen atoms in total. The van der Waals surface area contributed by atoms with E-state index in [1.54, 1.807) is 6.20 Å². The van der Waals surface area contributed by atoms with Crippen LogP contribution in [-0.4, -0.2) is 34.6 Å². The highest BCUT2D eigenvalue weighted by Crippen LogP contribution is 2.16. The topological polar surface area (TPSA) is 105 Å². The maximum atomic E-state index is 11.4. The summed E-state index contributed by atoms with van der Waals surface area (Å²) in [4.78, 5) is 25.9. The molecule has 1 amide bonds. The zero-order valence-electron chi connectivity index (χ0n) is 9.42. The van der Waals surface area contributed by atoms with Crippen molar-refractivity contribution < 1.29 is 14.7 Å². The maximum absolute atomic E-state index is 11.4. The van der Waals surface area contributed by atoms with Gasteiger partial charge in [-0.15, -0.1) is 11.3 Å². The van der Waals surface area contributed by atoms with Gasteiger partial charge in [-0.3, -0.25) is 9.59 Å². The lowest BCUT2D eigenvalue weighted by molar-refractivity contribution is -0.139. The lowest BCUT2D eigenvalue weighted by Gasteiger charge is -2.13. The number of aromatic nitrogens is 1. The number of hydrogen-bond donors (Lipinski definition) is 3. The fraction of sp³-hybridized carbons (Fsp3) is 0.500. The van der Waals surface area contributed by atoms with E-state index in [0.29, 0.717) is 6.54 Å². The van der Waals surface area contributed by atoms with E-state index in [4.69, 9.17) is 10.8 Å². The van der Waals surface area contributed by atoms with Crippen LogP contribution in [0.25, 0.3) is 0 Å². The summed E-state index contributed by atoms with van der Waals surface area (Å²) in [6.45, 7) is 2.33. The zero-order valence-corrected chi connectivity index (χ0v) is 10.2. The van der Waals surface area contributed by atoms with Gasteiger partial charge in [0.25, 0.3) is 0 Å². The lowest BCUT2D eigenvalue weighted by Crippen LogP contribution is -2.43. The molecule has 1 rings (SSSR count). The van der Waals surface area contributed by atoms with Crippen LogP contribution in [0.2, 0.25) is 0 Å². The molecule has 0 saturated carbocycles. The van der Waals surface area contributed by atoms with Crippen molar-refractivity contribution in [2.45, 2.75) is 25.3 Å². The van der Waals surface area contributed by atoms with Gasteiger partial charge in [-0.2, -0.15) is 0 Å². The Bertz CT molecular complexity index is 380. The summed E-state index contributed by atoms with van der Waals surface area (Å²) < 4.78 is 0. The molecule has 1 aromatic heterocycles. The van der Waals surface area contributed by atoms with Gasteiger partial charge in [0.05, 0.1) is 17.5 Å². The van der Waals surface area contributed by atoms with Crippen molar-refractivity contribution in [1.29, 1.82) is 0 Å². The van der Waals surface area contributed by atoms with E-state index in [-0.39, 0.29) is 12.3 Å². The Balaban J connectivity index is 2.35. The average Bonchev–Trinajstić information content (AvgIpc) is 2.77. The van der Waals surface area contributed by atoms with Crippen LogP contribution in [0.1, 0.15) is 24.3 Å². The normalized spacial score (nSPS) is 14.0. The molecule has 0 spiro atoms. The number of thiazole rings is 1. The van der Waals surface area contributed by atoms with Crippen LogP contribution < -0.4 is 11.1 Å². The minimum Gasteiger partial charge on any atom is -0.481 e. The van der Waals surface area contributed by atoms with Crippen molar-refractivity contribution in [2.24, 2.45) is 5.73 Å². The van der Waals surface area contributed by atoms with E-state index < -0.39 is 17.9 Å². The Morgan fingerprint density at radius 1 is 1.65 bits per heavy atom. The Labute approximate surface area is 103 Å². The number of rotatable bonds is 6. The van der Waals surface area contributed by atoms with Crippen LogP contribution in [0.5, 0.6) is 0 Å². The van der Waals surface area contributed by atoms with Crippen LogP contribution in [0.15, 0.2) is 11.6 Å². The molecule has 0 radical (unpaired) electrons. The van der Waals surface area contributed by atoms with Crippen molar-refractivity contribution in [3.63, 3.8) is 0 Å². The highest BCUT2D eigenvalue weighted by atomic mass is 32.1. The largest absolute Gasteiger partial charge is 0.481 e. The van der Waals surface area contributed by atoms with E-state index in [2.05, 4.69) is 10.3 Å². The number of nitrogens with one attached hydrogen (secondary N) is 1. The highest BCUT2D eigenvalue weighted by Gasteiger charge is 2.18. The molecule has 0 bridgehead atoms. The van der Waals surface area contributed by atoms with Gasteiger partial charge in [-0.05, 0) is 0 Å². The second kappa shape index (κ2) is 6.31. The molecule has 7 heteroatoms. The van der Waals surface area contributed by atoms with E-state index in [1.165, 1.54) is 11.3 Å². The van der Waals surface area contributed by atoms with Crippen molar-refractivity contribution in [2.75, 3.05) is 6.54 Å². The summed E-state index contributed by atoms with van der Waals surface area (Å²) in [5.41, 5.74) is 5.42. The molecule has 0 aliphatic rings. The summed E-state index contributed by atoms with van der Waals surface area (Å²) in [5, 5.41) is 13.9. The zero-order chi connectivity index (χ0) is 12.8. The Morgan fingerprint density at radius 3 is 2.88 bits per heavy atom. The quantitative estimate of drug-likeness (QED) is 0.673. The summed E-state index contributed by atoms with van der Waals surface area (Å²) >= 11 is 1.51. The van der Waals surface area contributed by atoms with Crippen LogP contribution in [0, 0.1) is 0 Å². The highest BCUT2D eigenvalue weighted by molar-refractivity contribution is 7.09. The summed E-state index contributed by atoms with van der Waals surface area (Å²) in [7, 11) is 0. The summed E-state index contributed by atoms with van der Waals surface area (Å²) in [5.74, 6) is -1.44. The number of carbonyl (C=O) groups is 2. The van der Waals surface area contributed by atoms with E-state index >= 15 is 0 Å². The smallest absolute Gasteiger partial charge is 0.305 e. The van der Waals surface area contributed by atoms with E-state index in [1.807, 2.05) is 12.3 Å². The molecule has 1 aromatic rings. The van der Waals surface area contributed by atoms with Gasteiger partial charge in [0.15, 0.2) is 0 Å². The molecule has 2 atom stereocenters. The predicted octanol–water partition coefficient (Wildman–Crippen LogP) is 0.165. The van der Waals surface area contributed by atoms with Crippen LogP contribution in [-0.2, 0) is 9.59 Å². The molecule has 1 heterocycles. The Kier molecular flexibility index (Phi) is 5.05. The van der Waals surface area contributed by atoms with E-state index in [0.717, 1.165) is 5.01 Å². The van der Waals surface area contributed by atoms with Gasteiger partial charge in [-0.1, -0.05) is 6.92 Å². The van der Waals surface area contributed by atoms with E-state index in [9.17, 15) is 9.59 Å². The molecule has 0 aliphatic carbocycles. The molecular weight excluding hydrogens is 242 g/mol. The molecular formula is C10H15N3O3S. The van der Waals surface area contributed by atoms with Crippen molar-refractivity contribution in [1.82, 2.24) is 10.3 Å². The second-order valence-electron chi connectivity index (χ2n) is 3.72. The minimum absolute atomic E-state index is 0.0935. The molecule has 0 aromatic carbocycles. The monoisotopic (exact) mass is 257 g/mol. The standard InChI is InChI=1S/C10H15N3O3S/c1-6(10-12-2-3-17-10)5-13-9(16)7(11)4-8(14)15/h2-3,6-7H,4-5,11H2,1H3,(H,13,16)(H,14,15). The first-order valence-electron chi connectivity index (χ1n) is 5.15. The molecule has 0 fully saturated rings. The molecule has 17 heavy (non-hydrogen) atoms. The number of nitrogens with two attached hydrogens (primary N) is 1. The van der Waals surface area contributed by atoms with Crippen molar-refractivity contribution in [3.05, 3.63) is 16.6 Å².